The van der Waals surface area contributed by atoms with E-state index in [4.69, 9.17) is 14.2 Å². The number of benzene rings is 1. The summed E-state index contributed by atoms with van der Waals surface area (Å²) in [6, 6.07) is 8.93. The van der Waals surface area contributed by atoms with Gasteiger partial charge in [-0.05, 0) is 48.1 Å². The number of fused-ring (bicyclic) bond motifs is 1. The van der Waals surface area contributed by atoms with Gasteiger partial charge in [-0.1, -0.05) is 6.07 Å². The Kier molecular flexibility index (Phi) is 7.56. The lowest BCUT2D eigenvalue weighted by Gasteiger charge is -2.33. The topological polar surface area (TPSA) is 30.9 Å². The zero-order valence-electron chi connectivity index (χ0n) is 15.0. The number of nitrogens with zero attached hydrogens (tertiary/aromatic N) is 1. The molecule has 6 heteroatoms. The molecule has 0 spiro atoms. The fraction of sp³-hybridized carbons (Fsp3) is 0.474. The van der Waals surface area contributed by atoms with Crippen LogP contribution in [-0.4, -0.2) is 38.9 Å². The molecular weight excluding hydrogens is 358 g/mol. The molecule has 1 unspecified atom stereocenters. The zero-order valence-corrected chi connectivity index (χ0v) is 16.6. The highest BCUT2D eigenvalue weighted by atomic mass is 35.5. The van der Waals surface area contributed by atoms with Crippen LogP contribution in [0.5, 0.6) is 11.5 Å². The molecule has 25 heavy (non-hydrogen) atoms. The normalized spacial score (nSPS) is 16.8. The number of rotatable bonds is 7. The van der Waals surface area contributed by atoms with Crippen molar-refractivity contribution < 1.29 is 14.2 Å². The van der Waals surface area contributed by atoms with Crippen LogP contribution in [0.2, 0.25) is 0 Å². The monoisotopic (exact) mass is 383 g/mol. The van der Waals surface area contributed by atoms with Crippen LogP contribution in [0.4, 0.5) is 0 Å². The fourth-order valence-corrected chi connectivity index (χ4v) is 4.14. The van der Waals surface area contributed by atoms with E-state index in [2.05, 4.69) is 35.4 Å². The molecule has 0 radical (unpaired) electrons. The summed E-state index contributed by atoms with van der Waals surface area (Å²) in [6.45, 7) is 5.41. The van der Waals surface area contributed by atoms with Crippen molar-refractivity contribution in [1.82, 2.24) is 4.90 Å². The number of ether oxygens (including phenoxy) is 3. The first-order valence-corrected chi connectivity index (χ1v) is 9.20. The van der Waals surface area contributed by atoms with Crippen LogP contribution >= 0.6 is 23.7 Å². The predicted octanol–water partition coefficient (Wildman–Crippen LogP) is 4.32. The molecule has 2 heterocycles. The number of hydrogen-bond acceptors (Lipinski definition) is 5. The molecule has 0 saturated heterocycles. The van der Waals surface area contributed by atoms with Crippen LogP contribution in [0.25, 0.3) is 0 Å². The van der Waals surface area contributed by atoms with Crippen molar-refractivity contribution in [2.75, 3.05) is 34.0 Å². The van der Waals surface area contributed by atoms with Crippen LogP contribution in [0.15, 0.2) is 29.6 Å². The minimum absolute atomic E-state index is 0. The Hall–Kier alpha value is -1.27. The van der Waals surface area contributed by atoms with E-state index >= 15 is 0 Å². The molecule has 138 valence electrons. The van der Waals surface area contributed by atoms with Crippen molar-refractivity contribution in [2.24, 2.45) is 0 Å². The van der Waals surface area contributed by atoms with E-state index in [1.807, 2.05) is 17.4 Å². The Morgan fingerprint density at radius 3 is 2.76 bits per heavy atom. The van der Waals surface area contributed by atoms with Crippen molar-refractivity contribution in [2.45, 2.75) is 25.9 Å². The van der Waals surface area contributed by atoms with Crippen LogP contribution in [0.1, 0.15) is 29.0 Å². The lowest BCUT2D eigenvalue weighted by molar-refractivity contribution is 0.144. The Morgan fingerprint density at radius 2 is 2.00 bits per heavy atom. The summed E-state index contributed by atoms with van der Waals surface area (Å²) in [5.74, 6) is 1.55. The summed E-state index contributed by atoms with van der Waals surface area (Å²) in [5.41, 5.74) is 2.73. The molecule has 0 aliphatic carbocycles. The van der Waals surface area contributed by atoms with Gasteiger partial charge in [-0.3, -0.25) is 4.90 Å². The van der Waals surface area contributed by atoms with Crippen molar-refractivity contribution in [3.63, 3.8) is 0 Å². The first kappa shape index (κ1) is 20.0. The summed E-state index contributed by atoms with van der Waals surface area (Å²) in [7, 11) is 3.35. The molecular formula is C19H26ClNO3S. The van der Waals surface area contributed by atoms with Gasteiger partial charge in [0.1, 0.15) is 6.61 Å². The molecule has 0 N–H and O–H groups in total. The third kappa shape index (κ3) is 4.67. The SMILES string of the molecule is COCCOc1ccc(CN2CCc3sccc3C2C)cc1OC.Cl. The predicted molar refractivity (Wildman–Crippen MR) is 104 cm³/mol. The highest BCUT2D eigenvalue weighted by Gasteiger charge is 2.24. The van der Waals surface area contributed by atoms with Gasteiger partial charge in [-0.2, -0.15) is 0 Å². The highest BCUT2D eigenvalue weighted by Crippen LogP contribution is 2.35. The summed E-state index contributed by atoms with van der Waals surface area (Å²) >= 11 is 1.88. The van der Waals surface area contributed by atoms with Crippen molar-refractivity contribution in [3.05, 3.63) is 45.6 Å². The molecule has 0 saturated carbocycles. The van der Waals surface area contributed by atoms with Gasteiger partial charge in [-0.15, -0.1) is 23.7 Å². The molecule has 0 amide bonds. The van der Waals surface area contributed by atoms with Crippen LogP contribution in [-0.2, 0) is 17.7 Å². The maximum absolute atomic E-state index is 5.71. The van der Waals surface area contributed by atoms with E-state index < -0.39 is 0 Å². The van der Waals surface area contributed by atoms with Gasteiger partial charge in [0.15, 0.2) is 11.5 Å². The van der Waals surface area contributed by atoms with E-state index in [0.717, 1.165) is 31.0 Å². The van der Waals surface area contributed by atoms with Crippen molar-refractivity contribution >= 4 is 23.7 Å². The quantitative estimate of drug-likeness (QED) is 0.666. The number of methoxy groups -OCH3 is 2. The van der Waals surface area contributed by atoms with Crippen LogP contribution in [0, 0.1) is 0 Å². The van der Waals surface area contributed by atoms with E-state index in [-0.39, 0.29) is 12.4 Å². The molecule has 2 aromatic rings. The maximum Gasteiger partial charge on any atom is 0.161 e. The van der Waals surface area contributed by atoms with Crippen LogP contribution < -0.4 is 9.47 Å². The number of halogens is 1. The van der Waals surface area contributed by atoms with E-state index in [1.54, 1.807) is 19.1 Å². The Morgan fingerprint density at radius 1 is 1.16 bits per heavy atom. The van der Waals surface area contributed by atoms with Crippen LogP contribution in [0.3, 0.4) is 0 Å². The van der Waals surface area contributed by atoms with Gasteiger partial charge in [0.2, 0.25) is 0 Å². The van der Waals surface area contributed by atoms with E-state index in [0.29, 0.717) is 19.3 Å². The Labute approximate surface area is 160 Å². The van der Waals surface area contributed by atoms with E-state index in [1.165, 1.54) is 11.1 Å². The molecule has 1 aliphatic rings. The van der Waals surface area contributed by atoms with Gasteiger partial charge in [-0.25, -0.2) is 0 Å². The molecule has 1 aromatic heterocycles. The molecule has 1 aromatic carbocycles. The summed E-state index contributed by atoms with van der Waals surface area (Å²) in [6.07, 6.45) is 1.15. The molecule has 0 bridgehead atoms. The first-order valence-electron chi connectivity index (χ1n) is 8.32. The number of hydrogen-bond donors (Lipinski definition) is 0. The largest absolute Gasteiger partial charge is 0.493 e. The second kappa shape index (κ2) is 9.43. The standard InChI is InChI=1S/C19H25NO3S.ClH/c1-14-16-7-11-24-19(16)6-8-20(14)13-15-4-5-17(18(12-15)22-3)23-10-9-21-2;/h4-5,7,11-12,14H,6,8-10,13H2,1-3H3;1H. The fourth-order valence-electron chi connectivity index (χ4n) is 3.18. The smallest absolute Gasteiger partial charge is 0.161 e. The second-order valence-electron chi connectivity index (χ2n) is 6.02. The third-order valence-electron chi connectivity index (χ3n) is 4.56. The summed E-state index contributed by atoms with van der Waals surface area (Å²) in [4.78, 5) is 4.06. The van der Waals surface area contributed by atoms with Gasteiger partial charge < -0.3 is 14.2 Å². The van der Waals surface area contributed by atoms with Crippen molar-refractivity contribution in [3.8, 4) is 11.5 Å². The van der Waals surface area contributed by atoms with Gasteiger partial charge in [0, 0.05) is 31.1 Å². The second-order valence-corrected chi connectivity index (χ2v) is 7.02. The first-order chi connectivity index (χ1) is 11.7. The maximum atomic E-state index is 5.71. The lowest BCUT2D eigenvalue weighted by Crippen LogP contribution is -2.32. The molecule has 1 aliphatic heterocycles. The Balaban J connectivity index is 0.00000225. The Bertz CT molecular complexity index is 676. The average molecular weight is 384 g/mol. The van der Waals surface area contributed by atoms with Crippen molar-refractivity contribution in [1.29, 1.82) is 0 Å². The molecule has 3 rings (SSSR count). The minimum atomic E-state index is 0. The molecule has 1 atom stereocenters. The lowest BCUT2D eigenvalue weighted by atomic mass is 10.0. The third-order valence-corrected chi connectivity index (χ3v) is 5.56. The van der Waals surface area contributed by atoms with E-state index in [9.17, 15) is 0 Å². The van der Waals surface area contributed by atoms with Gasteiger partial charge in [0.05, 0.1) is 13.7 Å². The molecule has 4 nitrogen and oxygen atoms in total. The average Bonchev–Trinajstić information content (AvgIpc) is 3.08. The van der Waals surface area contributed by atoms with Gasteiger partial charge >= 0.3 is 0 Å². The zero-order chi connectivity index (χ0) is 16.9. The molecule has 0 fully saturated rings. The summed E-state index contributed by atoms with van der Waals surface area (Å²) < 4.78 is 16.2. The van der Waals surface area contributed by atoms with Gasteiger partial charge in [0.25, 0.3) is 0 Å². The minimum Gasteiger partial charge on any atom is -0.493 e. The number of thiophene rings is 1. The highest BCUT2D eigenvalue weighted by molar-refractivity contribution is 7.10. The summed E-state index contributed by atoms with van der Waals surface area (Å²) in [5, 5.41) is 2.21.